The Labute approximate surface area is 109 Å². The minimum absolute atomic E-state index is 0.601. The Morgan fingerprint density at radius 3 is 2.72 bits per heavy atom. The molecule has 0 radical (unpaired) electrons. The molecule has 1 aliphatic rings. The first kappa shape index (κ1) is 13.2. The monoisotopic (exact) mass is 250 g/mol. The molecule has 0 aromatic heterocycles. The van der Waals surface area contributed by atoms with Crippen molar-refractivity contribution in [2.24, 2.45) is 0 Å². The molecule has 0 saturated carbocycles. The summed E-state index contributed by atoms with van der Waals surface area (Å²) in [6.07, 6.45) is 1.20. The van der Waals surface area contributed by atoms with Crippen LogP contribution in [0, 0.1) is 0 Å². The Bertz CT molecular complexity index is 332. The van der Waals surface area contributed by atoms with Crippen molar-refractivity contribution in [3.05, 3.63) is 24.3 Å². The summed E-state index contributed by atoms with van der Waals surface area (Å²) >= 11 is 0. The maximum absolute atomic E-state index is 5.56. The molecular formula is C14H22N2O2. The van der Waals surface area contributed by atoms with Gasteiger partial charge in [0.15, 0.2) is 0 Å². The van der Waals surface area contributed by atoms with Crippen molar-refractivity contribution in [1.82, 2.24) is 5.32 Å². The molecule has 1 fully saturated rings. The van der Waals surface area contributed by atoms with Crippen LogP contribution in [0.2, 0.25) is 0 Å². The van der Waals surface area contributed by atoms with Gasteiger partial charge in [-0.05, 0) is 37.2 Å². The average Bonchev–Trinajstić information content (AvgIpc) is 2.69. The molecule has 4 nitrogen and oxygen atoms in total. The van der Waals surface area contributed by atoms with Gasteiger partial charge in [-0.25, -0.2) is 0 Å². The highest BCUT2D eigenvalue weighted by molar-refractivity contribution is 5.49. The lowest BCUT2D eigenvalue weighted by atomic mass is 10.2. The SMILES string of the molecule is COCCOc1ccc(N2CCCNCC2)cc1. The predicted octanol–water partition coefficient (Wildman–Crippen LogP) is 1.51. The van der Waals surface area contributed by atoms with Gasteiger partial charge in [0.25, 0.3) is 0 Å². The number of hydrogen-bond donors (Lipinski definition) is 1. The number of rotatable bonds is 5. The van der Waals surface area contributed by atoms with E-state index in [1.54, 1.807) is 7.11 Å². The van der Waals surface area contributed by atoms with Gasteiger partial charge in [-0.15, -0.1) is 0 Å². The highest BCUT2D eigenvalue weighted by Crippen LogP contribution is 2.20. The topological polar surface area (TPSA) is 33.7 Å². The van der Waals surface area contributed by atoms with Crippen molar-refractivity contribution in [2.45, 2.75) is 6.42 Å². The number of hydrogen-bond acceptors (Lipinski definition) is 4. The molecule has 1 aromatic rings. The van der Waals surface area contributed by atoms with E-state index >= 15 is 0 Å². The quantitative estimate of drug-likeness (QED) is 0.803. The molecule has 1 aromatic carbocycles. The van der Waals surface area contributed by atoms with Crippen molar-refractivity contribution in [3.8, 4) is 5.75 Å². The van der Waals surface area contributed by atoms with Gasteiger partial charge in [0.05, 0.1) is 6.61 Å². The highest BCUT2D eigenvalue weighted by atomic mass is 16.5. The highest BCUT2D eigenvalue weighted by Gasteiger charge is 2.09. The lowest BCUT2D eigenvalue weighted by molar-refractivity contribution is 0.146. The first-order valence-electron chi connectivity index (χ1n) is 6.57. The minimum atomic E-state index is 0.601. The molecule has 0 bridgehead atoms. The molecule has 0 atom stereocenters. The maximum Gasteiger partial charge on any atom is 0.119 e. The van der Waals surface area contributed by atoms with Crippen LogP contribution in [-0.2, 0) is 4.74 Å². The summed E-state index contributed by atoms with van der Waals surface area (Å²) < 4.78 is 10.5. The molecule has 0 aliphatic carbocycles. The lowest BCUT2D eigenvalue weighted by Crippen LogP contribution is -2.27. The third-order valence-electron chi connectivity index (χ3n) is 3.10. The zero-order valence-electron chi connectivity index (χ0n) is 11.0. The van der Waals surface area contributed by atoms with Gasteiger partial charge in [-0.2, -0.15) is 0 Å². The van der Waals surface area contributed by atoms with E-state index < -0.39 is 0 Å². The molecule has 100 valence electrons. The summed E-state index contributed by atoms with van der Waals surface area (Å²) in [5.41, 5.74) is 1.28. The van der Waals surface area contributed by atoms with Crippen LogP contribution in [-0.4, -0.2) is 46.5 Å². The number of nitrogens with zero attached hydrogens (tertiary/aromatic N) is 1. The molecule has 1 saturated heterocycles. The molecule has 4 heteroatoms. The Morgan fingerprint density at radius 1 is 1.11 bits per heavy atom. The van der Waals surface area contributed by atoms with Crippen molar-refractivity contribution >= 4 is 5.69 Å². The molecule has 2 rings (SSSR count). The van der Waals surface area contributed by atoms with Crippen LogP contribution in [0.4, 0.5) is 5.69 Å². The van der Waals surface area contributed by atoms with Gasteiger partial charge >= 0.3 is 0 Å². The zero-order valence-corrected chi connectivity index (χ0v) is 11.0. The van der Waals surface area contributed by atoms with Crippen LogP contribution in [0.25, 0.3) is 0 Å². The van der Waals surface area contributed by atoms with Gasteiger partial charge in [-0.3, -0.25) is 0 Å². The molecule has 0 spiro atoms. The second kappa shape index (κ2) is 7.24. The van der Waals surface area contributed by atoms with Crippen LogP contribution < -0.4 is 15.0 Å². The van der Waals surface area contributed by atoms with E-state index in [1.807, 2.05) is 12.1 Å². The van der Waals surface area contributed by atoms with Crippen molar-refractivity contribution in [1.29, 1.82) is 0 Å². The van der Waals surface area contributed by atoms with Crippen LogP contribution in [0.3, 0.4) is 0 Å². The van der Waals surface area contributed by atoms with E-state index in [1.165, 1.54) is 12.1 Å². The normalized spacial score (nSPS) is 16.4. The van der Waals surface area contributed by atoms with E-state index in [0.717, 1.165) is 31.9 Å². The minimum Gasteiger partial charge on any atom is -0.491 e. The fourth-order valence-electron chi connectivity index (χ4n) is 2.10. The Balaban J connectivity index is 1.89. The van der Waals surface area contributed by atoms with Crippen molar-refractivity contribution in [2.75, 3.05) is 51.4 Å². The Hall–Kier alpha value is -1.26. The largest absolute Gasteiger partial charge is 0.491 e. The van der Waals surface area contributed by atoms with Gasteiger partial charge in [0.1, 0.15) is 12.4 Å². The Morgan fingerprint density at radius 2 is 1.94 bits per heavy atom. The van der Waals surface area contributed by atoms with E-state index in [0.29, 0.717) is 13.2 Å². The zero-order chi connectivity index (χ0) is 12.6. The number of nitrogens with one attached hydrogen (secondary N) is 1. The molecule has 0 unspecified atom stereocenters. The fraction of sp³-hybridized carbons (Fsp3) is 0.571. The predicted molar refractivity (Wildman–Crippen MR) is 73.5 cm³/mol. The summed E-state index contributed by atoms with van der Waals surface area (Å²) in [5, 5.41) is 3.41. The van der Waals surface area contributed by atoms with Crippen LogP contribution >= 0.6 is 0 Å². The van der Waals surface area contributed by atoms with Crippen molar-refractivity contribution in [3.63, 3.8) is 0 Å². The van der Waals surface area contributed by atoms with E-state index in [9.17, 15) is 0 Å². The van der Waals surface area contributed by atoms with Crippen LogP contribution in [0.15, 0.2) is 24.3 Å². The summed E-state index contributed by atoms with van der Waals surface area (Å²) in [5.74, 6) is 0.906. The van der Waals surface area contributed by atoms with Gasteiger partial charge < -0.3 is 19.7 Å². The molecule has 1 aliphatic heterocycles. The lowest BCUT2D eigenvalue weighted by Gasteiger charge is -2.22. The molecule has 18 heavy (non-hydrogen) atoms. The van der Waals surface area contributed by atoms with Gasteiger partial charge in [0, 0.05) is 32.4 Å². The summed E-state index contributed by atoms with van der Waals surface area (Å²) in [6.45, 7) is 5.60. The smallest absolute Gasteiger partial charge is 0.119 e. The Kier molecular flexibility index (Phi) is 5.30. The van der Waals surface area contributed by atoms with Crippen LogP contribution in [0.1, 0.15) is 6.42 Å². The first-order valence-corrected chi connectivity index (χ1v) is 6.57. The second-order valence-corrected chi connectivity index (χ2v) is 4.43. The molecule has 0 amide bonds. The average molecular weight is 250 g/mol. The summed E-state index contributed by atoms with van der Waals surface area (Å²) in [7, 11) is 1.68. The van der Waals surface area contributed by atoms with E-state index in [4.69, 9.17) is 9.47 Å². The van der Waals surface area contributed by atoms with Gasteiger partial charge in [0.2, 0.25) is 0 Å². The number of anilines is 1. The maximum atomic E-state index is 5.56. The summed E-state index contributed by atoms with van der Waals surface area (Å²) in [6, 6.07) is 8.33. The fourth-order valence-corrected chi connectivity index (χ4v) is 2.10. The first-order chi connectivity index (χ1) is 8.90. The number of benzene rings is 1. The molecule has 1 N–H and O–H groups in total. The number of methoxy groups -OCH3 is 1. The molecular weight excluding hydrogens is 228 g/mol. The molecule has 1 heterocycles. The number of ether oxygens (including phenoxy) is 2. The third-order valence-corrected chi connectivity index (χ3v) is 3.10. The van der Waals surface area contributed by atoms with Crippen molar-refractivity contribution < 1.29 is 9.47 Å². The van der Waals surface area contributed by atoms with Crippen LogP contribution in [0.5, 0.6) is 5.75 Å². The standard InChI is InChI=1S/C14H22N2O2/c1-17-11-12-18-14-5-3-13(4-6-14)16-9-2-7-15-8-10-16/h3-6,15H,2,7-12H2,1H3. The van der Waals surface area contributed by atoms with E-state index in [-0.39, 0.29) is 0 Å². The van der Waals surface area contributed by atoms with Gasteiger partial charge in [-0.1, -0.05) is 0 Å². The third kappa shape index (κ3) is 3.89. The van der Waals surface area contributed by atoms with E-state index in [2.05, 4.69) is 22.3 Å². The second-order valence-electron chi connectivity index (χ2n) is 4.43. The summed E-state index contributed by atoms with van der Waals surface area (Å²) in [4.78, 5) is 2.42.